The molecule has 2 N–H and O–H groups in total. The summed E-state index contributed by atoms with van der Waals surface area (Å²) in [6, 6.07) is 25.2. The second kappa shape index (κ2) is 10.9. The molecule has 7 rings (SSSR count). The number of halogens is 1. The summed E-state index contributed by atoms with van der Waals surface area (Å²) in [6.45, 7) is 4.20. The molecule has 0 aromatic heterocycles. The molecule has 0 bridgehead atoms. The van der Waals surface area contributed by atoms with Gasteiger partial charge < -0.3 is 29.3 Å². The second-order valence-corrected chi connectivity index (χ2v) is 12.0. The molecule has 9 heteroatoms. The van der Waals surface area contributed by atoms with E-state index in [0.29, 0.717) is 38.8 Å². The molecule has 5 aromatic rings. The molecular formula is C37H28ClNO7. The highest BCUT2D eigenvalue weighted by atomic mass is 35.5. The van der Waals surface area contributed by atoms with Crippen molar-refractivity contribution in [1.82, 2.24) is 4.90 Å². The Morgan fingerprint density at radius 3 is 2.17 bits per heavy atom. The van der Waals surface area contributed by atoms with Crippen molar-refractivity contribution in [3.8, 4) is 34.5 Å². The SMILES string of the molecule is Cc1ccc(Oc2cc(Cl)ccc2CN(C)C(=O)c2ccc3c(c2)C(=O)OC32c3ccc(O)cc3Oc3cc(O)ccc32)c(C)c1. The fraction of sp³-hybridized carbons (Fsp3) is 0.135. The molecule has 8 nitrogen and oxygen atoms in total. The fourth-order valence-electron chi connectivity index (χ4n) is 6.17. The van der Waals surface area contributed by atoms with Crippen LogP contribution in [0.15, 0.2) is 91.0 Å². The van der Waals surface area contributed by atoms with Crippen molar-refractivity contribution >= 4 is 23.5 Å². The van der Waals surface area contributed by atoms with Gasteiger partial charge in [-0.25, -0.2) is 4.79 Å². The first-order chi connectivity index (χ1) is 22.0. The van der Waals surface area contributed by atoms with Crippen molar-refractivity contribution < 1.29 is 34.0 Å². The van der Waals surface area contributed by atoms with Crippen molar-refractivity contribution in [2.75, 3.05) is 7.05 Å². The van der Waals surface area contributed by atoms with Crippen molar-refractivity contribution in [3.05, 3.63) is 141 Å². The van der Waals surface area contributed by atoms with Crippen molar-refractivity contribution in [2.45, 2.75) is 26.0 Å². The van der Waals surface area contributed by atoms with Crippen molar-refractivity contribution in [1.29, 1.82) is 0 Å². The van der Waals surface area contributed by atoms with E-state index in [1.165, 1.54) is 30.3 Å². The van der Waals surface area contributed by atoms with Crippen LogP contribution in [-0.4, -0.2) is 34.0 Å². The molecule has 0 aliphatic carbocycles. The first kappa shape index (κ1) is 29.3. The molecule has 46 heavy (non-hydrogen) atoms. The van der Waals surface area contributed by atoms with E-state index in [-0.39, 0.29) is 41.0 Å². The molecule has 2 aliphatic heterocycles. The van der Waals surface area contributed by atoms with Crippen LogP contribution in [0.2, 0.25) is 5.02 Å². The smallest absolute Gasteiger partial charge is 0.340 e. The molecule has 2 heterocycles. The molecule has 0 saturated carbocycles. The average molecular weight is 634 g/mol. The molecule has 0 radical (unpaired) electrons. The highest BCUT2D eigenvalue weighted by molar-refractivity contribution is 6.30. The van der Waals surface area contributed by atoms with Crippen LogP contribution in [-0.2, 0) is 16.9 Å². The largest absolute Gasteiger partial charge is 0.508 e. The maximum atomic E-state index is 13.8. The number of phenols is 2. The van der Waals surface area contributed by atoms with Crippen LogP contribution < -0.4 is 9.47 Å². The summed E-state index contributed by atoms with van der Waals surface area (Å²) in [5.74, 6) is 0.786. The number of aromatic hydroxyl groups is 2. The molecular weight excluding hydrogens is 606 g/mol. The van der Waals surface area contributed by atoms with Crippen molar-refractivity contribution in [2.24, 2.45) is 0 Å². The van der Waals surface area contributed by atoms with Gasteiger partial charge in [0.15, 0.2) is 5.60 Å². The fourth-order valence-corrected chi connectivity index (χ4v) is 6.33. The maximum Gasteiger partial charge on any atom is 0.340 e. The van der Waals surface area contributed by atoms with Gasteiger partial charge in [0.1, 0.15) is 34.5 Å². The number of aryl methyl sites for hydroxylation is 2. The quantitative estimate of drug-likeness (QED) is 0.189. The average Bonchev–Trinajstić information content (AvgIpc) is 3.30. The third-order valence-corrected chi connectivity index (χ3v) is 8.59. The number of amides is 1. The minimum atomic E-state index is -1.41. The van der Waals surface area contributed by atoms with E-state index >= 15 is 0 Å². The number of esters is 1. The van der Waals surface area contributed by atoms with Crippen LogP contribution >= 0.6 is 11.6 Å². The lowest BCUT2D eigenvalue weighted by molar-refractivity contribution is 0.0224. The minimum Gasteiger partial charge on any atom is -0.508 e. The normalized spacial score (nSPS) is 13.7. The summed E-state index contributed by atoms with van der Waals surface area (Å²) in [5, 5.41) is 20.8. The maximum absolute atomic E-state index is 13.8. The summed E-state index contributed by atoms with van der Waals surface area (Å²) in [7, 11) is 1.68. The predicted molar refractivity (Wildman–Crippen MR) is 171 cm³/mol. The number of nitrogens with zero attached hydrogens (tertiary/aromatic N) is 1. The summed E-state index contributed by atoms with van der Waals surface area (Å²) in [5.41, 5.74) is 3.48. The highest BCUT2D eigenvalue weighted by Crippen LogP contribution is 2.57. The van der Waals surface area contributed by atoms with Gasteiger partial charge in [-0.15, -0.1) is 0 Å². The summed E-state index contributed by atoms with van der Waals surface area (Å²) >= 11 is 6.31. The van der Waals surface area contributed by atoms with Crippen LogP contribution in [0.25, 0.3) is 0 Å². The number of hydrogen-bond acceptors (Lipinski definition) is 7. The van der Waals surface area contributed by atoms with Gasteiger partial charge in [0.05, 0.1) is 5.56 Å². The Hall–Kier alpha value is -5.47. The Morgan fingerprint density at radius 2 is 1.50 bits per heavy atom. The first-order valence-corrected chi connectivity index (χ1v) is 14.9. The molecule has 0 unspecified atom stereocenters. The topological polar surface area (TPSA) is 106 Å². The summed E-state index contributed by atoms with van der Waals surface area (Å²) < 4.78 is 18.4. The molecule has 2 aliphatic rings. The van der Waals surface area contributed by atoms with E-state index in [9.17, 15) is 19.8 Å². The lowest BCUT2D eigenvalue weighted by Crippen LogP contribution is -2.33. The lowest BCUT2D eigenvalue weighted by atomic mass is 9.77. The zero-order valence-corrected chi connectivity index (χ0v) is 25.9. The van der Waals surface area contributed by atoms with E-state index in [2.05, 4.69) is 0 Å². The van der Waals surface area contributed by atoms with Gasteiger partial charge in [0.25, 0.3) is 5.91 Å². The number of phenolic OH excluding ortho intramolecular Hbond substituents is 2. The zero-order chi connectivity index (χ0) is 32.3. The number of ether oxygens (including phenoxy) is 3. The zero-order valence-electron chi connectivity index (χ0n) is 25.1. The van der Waals surface area contributed by atoms with Gasteiger partial charge in [0.2, 0.25) is 0 Å². The number of fused-ring (bicyclic) bond motifs is 6. The van der Waals surface area contributed by atoms with E-state index in [0.717, 1.165) is 16.7 Å². The number of carbonyl (C=O) groups excluding carboxylic acids is 2. The Balaban J connectivity index is 1.22. The van der Waals surface area contributed by atoms with Crippen LogP contribution in [0, 0.1) is 13.8 Å². The van der Waals surface area contributed by atoms with Gasteiger partial charge in [-0.3, -0.25) is 4.79 Å². The van der Waals surface area contributed by atoms with Crippen molar-refractivity contribution in [3.63, 3.8) is 0 Å². The van der Waals surface area contributed by atoms with E-state index in [1.807, 2.05) is 38.1 Å². The Bertz CT molecular complexity index is 2040. The number of hydrogen-bond donors (Lipinski definition) is 2. The monoisotopic (exact) mass is 633 g/mol. The van der Waals surface area contributed by atoms with E-state index < -0.39 is 11.6 Å². The van der Waals surface area contributed by atoms with Gasteiger partial charge in [-0.2, -0.15) is 0 Å². The highest BCUT2D eigenvalue weighted by Gasteiger charge is 2.53. The minimum absolute atomic E-state index is 0.0331. The van der Waals surface area contributed by atoms with Gasteiger partial charge in [0, 0.05) is 58.6 Å². The number of carbonyl (C=O) groups is 2. The Morgan fingerprint density at radius 1 is 0.826 bits per heavy atom. The predicted octanol–water partition coefficient (Wildman–Crippen LogP) is 8.00. The molecule has 0 saturated heterocycles. The lowest BCUT2D eigenvalue weighted by Gasteiger charge is -2.36. The van der Waals surface area contributed by atoms with Gasteiger partial charge in [-0.05, 0) is 74.0 Å². The third kappa shape index (κ3) is 4.78. The van der Waals surface area contributed by atoms with E-state index in [4.69, 9.17) is 25.8 Å². The van der Waals surface area contributed by atoms with Crippen LogP contribution in [0.4, 0.5) is 0 Å². The van der Waals surface area contributed by atoms with Crippen LogP contribution in [0.1, 0.15) is 54.1 Å². The van der Waals surface area contributed by atoms with E-state index in [1.54, 1.807) is 48.3 Å². The Labute approximate surface area is 270 Å². The van der Waals surface area contributed by atoms with Crippen LogP contribution in [0.5, 0.6) is 34.5 Å². The number of benzene rings is 5. The first-order valence-electron chi connectivity index (χ1n) is 14.5. The van der Waals surface area contributed by atoms with Crippen LogP contribution in [0.3, 0.4) is 0 Å². The molecule has 1 spiro atoms. The number of rotatable bonds is 5. The summed E-state index contributed by atoms with van der Waals surface area (Å²) in [4.78, 5) is 28.8. The van der Waals surface area contributed by atoms with Gasteiger partial charge >= 0.3 is 5.97 Å². The standard InChI is InChI=1S/C37H28ClNO7/c1-20-4-13-31(21(2)14-20)44-32-16-24(38)7-5-23(32)19-39(3)35(42)22-6-10-28-27(15-22)36(43)46-37(28)29-11-8-25(40)17-33(29)45-34-18-26(41)9-12-30(34)37/h4-18,40-41H,19H2,1-3H3. The molecule has 5 aromatic carbocycles. The third-order valence-electron chi connectivity index (χ3n) is 8.35. The van der Waals surface area contributed by atoms with Gasteiger partial charge in [-0.1, -0.05) is 41.4 Å². The molecule has 0 fully saturated rings. The Kier molecular flexibility index (Phi) is 6.90. The second-order valence-electron chi connectivity index (χ2n) is 11.6. The summed E-state index contributed by atoms with van der Waals surface area (Å²) in [6.07, 6.45) is 0. The molecule has 230 valence electrons. The molecule has 1 amide bonds. The molecule has 0 atom stereocenters.